The van der Waals surface area contributed by atoms with Crippen LogP contribution in [0.1, 0.15) is 23.2 Å². The Bertz CT molecular complexity index is 869. The predicted molar refractivity (Wildman–Crippen MR) is 81.4 cm³/mol. The molecule has 0 radical (unpaired) electrons. The number of nitrogens with two attached hydrogens (primary N) is 1. The van der Waals surface area contributed by atoms with E-state index >= 15 is 0 Å². The van der Waals surface area contributed by atoms with Crippen LogP contribution in [0.2, 0.25) is 0 Å². The molecule has 4 rings (SSSR count). The van der Waals surface area contributed by atoms with E-state index in [1.165, 1.54) is 0 Å². The van der Waals surface area contributed by atoms with Crippen molar-refractivity contribution in [3.8, 4) is 0 Å². The van der Waals surface area contributed by atoms with Gasteiger partial charge in [-0.15, -0.1) is 0 Å². The van der Waals surface area contributed by atoms with Crippen LogP contribution in [-0.2, 0) is 6.42 Å². The molecule has 102 valence electrons. The maximum absolute atomic E-state index is 5.68. The number of anilines is 1. The van der Waals surface area contributed by atoms with Crippen molar-refractivity contribution in [1.82, 2.24) is 20.2 Å². The Morgan fingerprint density at radius 3 is 3.05 bits per heavy atom. The van der Waals surface area contributed by atoms with Gasteiger partial charge in [0.05, 0.1) is 17.4 Å². The van der Waals surface area contributed by atoms with Gasteiger partial charge in [-0.05, 0) is 42.2 Å². The Morgan fingerprint density at radius 1 is 1.14 bits per heavy atom. The molecule has 1 aliphatic carbocycles. The number of nitrogen functional groups attached to an aromatic ring is 1. The van der Waals surface area contributed by atoms with Gasteiger partial charge in [0.25, 0.3) is 0 Å². The first-order valence-corrected chi connectivity index (χ1v) is 6.85. The highest BCUT2D eigenvalue weighted by Gasteiger charge is 2.16. The largest absolute Gasteiger partial charge is 0.368 e. The molecule has 2 heterocycles. The van der Waals surface area contributed by atoms with Crippen molar-refractivity contribution in [2.75, 3.05) is 5.73 Å². The van der Waals surface area contributed by atoms with Crippen molar-refractivity contribution < 1.29 is 0 Å². The lowest BCUT2D eigenvalue weighted by Gasteiger charge is -2.17. The molecule has 1 aromatic carbocycles. The van der Waals surface area contributed by atoms with Crippen LogP contribution in [0.25, 0.3) is 16.5 Å². The standard InChI is InChI=1S/C16H13N5/c17-16-18-9-13-12(2-1-3-15(13)20-16)10-4-5-14-11(8-10)6-7-19-21-14/h2,4-9H,1,3H2,(H2,17,18,20). The molecule has 0 unspecified atom stereocenters. The highest BCUT2D eigenvalue weighted by atomic mass is 15.1. The van der Waals surface area contributed by atoms with E-state index in [-0.39, 0.29) is 0 Å². The van der Waals surface area contributed by atoms with E-state index in [9.17, 15) is 0 Å². The van der Waals surface area contributed by atoms with Gasteiger partial charge >= 0.3 is 0 Å². The van der Waals surface area contributed by atoms with Crippen LogP contribution in [0.3, 0.4) is 0 Å². The monoisotopic (exact) mass is 275 g/mol. The molecule has 0 fully saturated rings. The molecule has 0 bridgehead atoms. The Kier molecular flexibility index (Phi) is 2.64. The molecule has 2 aromatic heterocycles. The molecule has 0 atom stereocenters. The van der Waals surface area contributed by atoms with E-state index < -0.39 is 0 Å². The third-order valence-corrected chi connectivity index (χ3v) is 3.73. The van der Waals surface area contributed by atoms with Crippen LogP contribution in [0.15, 0.2) is 42.7 Å². The first-order chi connectivity index (χ1) is 10.3. The van der Waals surface area contributed by atoms with E-state index in [0.29, 0.717) is 5.95 Å². The van der Waals surface area contributed by atoms with E-state index in [0.717, 1.165) is 46.1 Å². The Hall–Kier alpha value is -2.82. The van der Waals surface area contributed by atoms with Gasteiger partial charge in [0, 0.05) is 17.1 Å². The van der Waals surface area contributed by atoms with E-state index in [1.807, 2.05) is 18.3 Å². The predicted octanol–water partition coefficient (Wildman–Crippen LogP) is 2.38. The van der Waals surface area contributed by atoms with Crippen molar-refractivity contribution in [2.45, 2.75) is 12.8 Å². The van der Waals surface area contributed by atoms with Gasteiger partial charge in [0.1, 0.15) is 0 Å². The highest BCUT2D eigenvalue weighted by molar-refractivity contribution is 5.88. The molecular formula is C16H13N5. The van der Waals surface area contributed by atoms with Crippen molar-refractivity contribution in [2.24, 2.45) is 0 Å². The molecular weight excluding hydrogens is 262 g/mol. The molecule has 0 saturated heterocycles. The van der Waals surface area contributed by atoms with Crippen molar-refractivity contribution >= 4 is 22.4 Å². The number of benzene rings is 1. The summed E-state index contributed by atoms with van der Waals surface area (Å²) in [6.45, 7) is 0. The molecule has 5 heteroatoms. The molecule has 0 saturated carbocycles. The highest BCUT2D eigenvalue weighted by Crippen LogP contribution is 2.31. The second-order valence-electron chi connectivity index (χ2n) is 5.05. The average Bonchev–Trinajstić information content (AvgIpc) is 2.53. The topological polar surface area (TPSA) is 77.6 Å². The third-order valence-electron chi connectivity index (χ3n) is 3.73. The first kappa shape index (κ1) is 12.0. The van der Waals surface area contributed by atoms with Crippen LogP contribution in [0.4, 0.5) is 5.95 Å². The summed E-state index contributed by atoms with van der Waals surface area (Å²) in [6, 6.07) is 8.15. The van der Waals surface area contributed by atoms with Crippen LogP contribution in [-0.4, -0.2) is 20.2 Å². The summed E-state index contributed by atoms with van der Waals surface area (Å²) in [4.78, 5) is 8.49. The number of nitrogens with zero attached hydrogens (tertiary/aromatic N) is 4. The fourth-order valence-corrected chi connectivity index (χ4v) is 2.74. The molecule has 0 amide bonds. The minimum Gasteiger partial charge on any atom is -0.368 e. The lowest BCUT2D eigenvalue weighted by Crippen LogP contribution is -2.07. The molecule has 21 heavy (non-hydrogen) atoms. The van der Waals surface area contributed by atoms with Crippen LogP contribution in [0.5, 0.6) is 0 Å². The van der Waals surface area contributed by atoms with E-state index in [4.69, 9.17) is 5.73 Å². The summed E-state index contributed by atoms with van der Waals surface area (Å²) in [5.41, 5.74) is 11.0. The molecule has 0 spiro atoms. The van der Waals surface area contributed by atoms with Crippen molar-refractivity contribution in [3.05, 3.63) is 59.6 Å². The molecule has 3 aromatic rings. The van der Waals surface area contributed by atoms with Crippen molar-refractivity contribution in [1.29, 1.82) is 0 Å². The Morgan fingerprint density at radius 2 is 2.10 bits per heavy atom. The van der Waals surface area contributed by atoms with Crippen LogP contribution < -0.4 is 5.73 Å². The van der Waals surface area contributed by atoms with Gasteiger partial charge in [-0.3, -0.25) is 0 Å². The Labute approximate surface area is 121 Å². The fourth-order valence-electron chi connectivity index (χ4n) is 2.74. The zero-order valence-electron chi connectivity index (χ0n) is 11.3. The number of allylic oxidation sites excluding steroid dienone is 1. The number of aryl methyl sites for hydroxylation is 1. The number of hydrogen-bond acceptors (Lipinski definition) is 5. The summed E-state index contributed by atoms with van der Waals surface area (Å²) >= 11 is 0. The van der Waals surface area contributed by atoms with Gasteiger partial charge in [0.2, 0.25) is 5.95 Å². The SMILES string of the molecule is Nc1ncc2c(n1)CCC=C2c1ccc2nnccc2c1. The van der Waals surface area contributed by atoms with Gasteiger partial charge in [-0.2, -0.15) is 10.2 Å². The van der Waals surface area contributed by atoms with Crippen LogP contribution in [0, 0.1) is 0 Å². The summed E-state index contributed by atoms with van der Waals surface area (Å²) in [6.07, 6.45) is 7.63. The second kappa shape index (κ2) is 4.63. The van der Waals surface area contributed by atoms with Gasteiger partial charge in [-0.1, -0.05) is 12.1 Å². The van der Waals surface area contributed by atoms with Gasteiger partial charge in [-0.25, -0.2) is 9.97 Å². The zero-order chi connectivity index (χ0) is 14.2. The maximum atomic E-state index is 5.68. The summed E-state index contributed by atoms with van der Waals surface area (Å²) in [5, 5.41) is 9.09. The Balaban J connectivity index is 1.87. The van der Waals surface area contributed by atoms with Gasteiger partial charge in [0.15, 0.2) is 0 Å². The van der Waals surface area contributed by atoms with Gasteiger partial charge < -0.3 is 5.73 Å². The van der Waals surface area contributed by atoms with E-state index in [1.54, 1.807) is 6.20 Å². The van der Waals surface area contributed by atoms with Crippen molar-refractivity contribution in [3.63, 3.8) is 0 Å². The quantitative estimate of drug-likeness (QED) is 0.737. The zero-order valence-corrected chi connectivity index (χ0v) is 11.3. The molecule has 5 nitrogen and oxygen atoms in total. The molecule has 2 N–H and O–H groups in total. The first-order valence-electron chi connectivity index (χ1n) is 6.85. The minimum atomic E-state index is 0.337. The molecule has 0 aliphatic heterocycles. The molecule has 1 aliphatic rings. The lowest BCUT2D eigenvalue weighted by molar-refractivity contribution is 0.908. The van der Waals surface area contributed by atoms with E-state index in [2.05, 4.69) is 38.4 Å². The maximum Gasteiger partial charge on any atom is 0.220 e. The third kappa shape index (κ3) is 2.03. The smallest absolute Gasteiger partial charge is 0.220 e. The number of hydrogen-bond donors (Lipinski definition) is 1. The average molecular weight is 275 g/mol. The normalized spacial score (nSPS) is 13.8. The second-order valence-corrected chi connectivity index (χ2v) is 5.05. The summed E-state index contributed by atoms with van der Waals surface area (Å²) in [5.74, 6) is 0.337. The van der Waals surface area contributed by atoms with Crippen LogP contribution >= 0.6 is 0 Å². The minimum absolute atomic E-state index is 0.337. The summed E-state index contributed by atoms with van der Waals surface area (Å²) in [7, 11) is 0. The number of rotatable bonds is 1. The number of aromatic nitrogens is 4. The summed E-state index contributed by atoms with van der Waals surface area (Å²) < 4.78 is 0. The fraction of sp³-hybridized carbons (Fsp3) is 0.125. The number of fused-ring (bicyclic) bond motifs is 2. The lowest BCUT2D eigenvalue weighted by atomic mass is 9.90.